The fraction of sp³-hybridized carbons (Fsp3) is 0.300. The summed E-state index contributed by atoms with van der Waals surface area (Å²) in [6.45, 7) is 6.21. The Morgan fingerprint density at radius 3 is 2.72 bits per heavy atom. The van der Waals surface area contributed by atoms with Crippen LogP contribution < -0.4 is 10.5 Å². The molecule has 0 atom stereocenters. The van der Waals surface area contributed by atoms with Gasteiger partial charge in [0.1, 0.15) is 12.4 Å². The molecule has 3 rings (SSSR count). The number of aromatic nitrogens is 2. The van der Waals surface area contributed by atoms with Crippen LogP contribution in [-0.2, 0) is 4.79 Å². The molecule has 3 N–H and O–H groups in total. The van der Waals surface area contributed by atoms with Gasteiger partial charge in [-0.25, -0.2) is 0 Å². The monoisotopic (exact) mass is 337 g/mol. The van der Waals surface area contributed by atoms with Gasteiger partial charge in [-0.3, -0.25) is 9.89 Å². The lowest BCUT2D eigenvalue weighted by Crippen LogP contribution is -2.19. The molecule has 25 heavy (non-hydrogen) atoms. The van der Waals surface area contributed by atoms with Gasteiger partial charge in [0.25, 0.3) is 0 Å². The Morgan fingerprint density at radius 1 is 1.20 bits per heavy atom. The molecule has 0 aliphatic rings. The number of rotatable bonds is 5. The Balaban J connectivity index is 1.85. The van der Waals surface area contributed by atoms with E-state index < -0.39 is 0 Å². The number of para-hydroxylation sites is 1. The zero-order valence-corrected chi connectivity index (χ0v) is 14.8. The number of nitrogens with one attached hydrogen (secondary N) is 1. The predicted molar refractivity (Wildman–Crippen MR) is 101 cm³/mol. The van der Waals surface area contributed by atoms with Gasteiger partial charge >= 0.3 is 0 Å². The number of hydrogen-bond donors (Lipinski definition) is 2. The Bertz CT molecular complexity index is 907. The molecular formula is C20H23N3O2. The van der Waals surface area contributed by atoms with Gasteiger partial charge in [-0.15, -0.1) is 0 Å². The second-order valence-electron chi connectivity index (χ2n) is 7.43. The van der Waals surface area contributed by atoms with Crippen LogP contribution in [0, 0.1) is 5.41 Å². The van der Waals surface area contributed by atoms with E-state index in [1.165, 1.54) is 0 Å². The Kier molecular flexibility index (Phi) is 4.49. The van der Waals surface area contributed by atoms with Crippen LogP contribution in [0.4, 0.5) is 5.82 Å². The van der Waals surface area contributed by atoms with Crippen LogP contribution in [0.2, 0.25) is 0 Å². The molecule has 0 unspecified atom stereocenters. The number of fused-ring (bicyclic) bond motifs is 1. The van der Waals surface area contributed by atoms with Gasteiger partial charge in [0.15, 0.2) is 11.6 Å². The highest BCUT2D eigenvalue weighted by Crippen LogP contribution is 2.33. The number of ketones is 1. The Hall–Kier alpha value is -2.82. The zero-order chi connectivity index (χ0) is 18.0. The smallest absolute Gasteiger partial charge is 0.170 e. The Labute approximate surface area is 147 Å². The summed E-state index contributed by atoms with van der Waals surface area (Å²) in [6.07, 6.45) is 0.493. The first-order valence-corrected chi connectivity index (χ1v) is 8.31. The molecule has 5 nitrogen and oxygen atoms in total. The fourth-order valence-corrected chi connectivity index (χ4v) is 2.83. The van der Waals surface area contributed by atoms with Gasteiger partial charge in [0.2, 0.25) is 0 Å². The molecule has 0 spiro atoms. The number of Topliss-reactive ketones (excluding diaryl/α,β-unsaturated/α-hetero) is 1. The van der Waals surface area contributed by atoms with E-state index in [1.807, 2.05) is 63.2 Å². The van der Waals surface area contributed by atoms with Crippen molar-refractivity contribution in [2.75, 3.05) is 12.3 Å². The first kappa shape index (κ1) is 17.0. The molecule has 0 aliphatic carbocycles. The quantitative estimate of drug-likeness (QED) is 0.731. The maximum Gasteiger partial charge on any atom is 0.170 e. The molecule has 0 radical (unpaired) electrons. The molecule has 1 heterocycles. The first-order valence-electron chi connectivity index (χ1n) is 8.31. The summed E-state index contributed by atoms with van der Waals surface area (Å²) >= 11 is 0. The van der Waals surface area contributed by atoms with Gasteiger partial charge in [-0.1, -0.05) is 45.0 Å². The molecule has 0 saturated heterocycles. The maximum atomic E-state index is 12.1. The molecule has 0 amide bonds. The number of nitrogens with zero attached hydrogens (tertiary/aromatic N) is 1. The maximum absolute atomic E-state index is 12.1. The number of nitrogen functional groups attached to an aromatic ring is 1. The molecular weight excluding hydrogens is 314 g/mol. The molecule has 0 aliphatic heterocycles. The average Bonchev–Trinajstić information content (AvgIpc) is 2.92. The summed E-state index contributed by atoms with van der Waals surface area (Å²) in [4.78, 5) is 12.1. The molecule has 1 aromatic heterocycles. The minimum atomic E-state index is -0.0379. The third kappa shape index (κ3) is 3.99. The summed E-state index contributed by atoms with van der Waals surface area (Å²) in [5, 5.41) is 7.79. The Morgan fingerprint density at radius 2 is 1.96 bits per heavy atom. The molecule has 130 valence electrons. The third-order valence-electron chi connectivity index (χ3n) is 3.91. The second kappa shape index (κ2) is 6.59. The van der Waals surface area contributed by atoms with Gasteiger partial charge in [-0.05, 0) is 29.2 Å². The molecule has 3 aromatic rings. The average molecular weight is 337 g/mol. The number of carbonyl (C=O) groups is 1. The van der Waals surface area contributed by atoms with E-state index in [0.29, 0.717) is 18.0 Å². The molecule has 5 heteroatoms. The number of ether oxygens (including phenoxy) is 1. The SMILES string of the molecule is CC(C)(C)CC(=O)COc1ccccc1-c1ccc2[nH]nc(N)c2c1. The van der Waals surface area contributed by atoms with Crippen LogP contribution in [0.15, 0.2) is 42.5 Å². The van der Waals surface area contributed by atoms with Gasteiger partial charge in [-0.2, -0.15) is 5.10 Å². The number of H-pyrrole nitrogens is 1. The van der Waals surface area contributed by atoms with Crippen LogP contribution in [0.25, 0.3) is 22.0 Å². The largest absolute Gasteiger partial charge is 0.485 e. The zero-order valence-electron chi connectivity index (χ0n) is 14.8. The molecule has 2 aromatic carbocycles. The van der Waals surface area contributed by atoms with Crippen molar-refractivity contribution in [3.8, 4) is 16.9 Å². The molecule has 0 fully saturated rings. The lowest BCUT2D eigenvalue weighted by Gasteiger charge is -2.17. The molecule has 0 saturated carbocycles. The number of benzene rings is 2. The van der Waals surface area contributed by atoms with Crippen molar-refractivity contribution in [2.24, 2.45) is 5.41 Å². The van der Waals surface area contributed by atoms with E-state index >= 15 is 0 Å². The van der Waals surface area contributed by atoms with Crippen LogP contribution in [0.5, 0.6) is 5.75 Å². The number of nitrogens with two attached hydrogens (primary N) is 1. The van der Waals surface area contributed by atoms with E-state index in [4.69, 9.17) is 10.5 Å². The number of hydrogen-bond acceptors (Lipinski definition) is 4. The number of carbonyl (C=O) groups excluding carboxylic acids is 1. The highest BCUT2D eigenvalue weighted by Gasteiger charge is 2.17. The summed E-state index contributed by atoms with van der Waals surface area (Å²) in [6, 6.07) is 13.6. The normalized spacial score (nSPS) is 11.6. The summed E-state index contributed by atoms with van der Waals surface area (Å²) in [5.41, 5.74) is 8.65. The van der Waals surface area contributed by atoms with E-state index in [0.717, 1.165) is 22.0 Å². The van der Waals surface area contributed by atoms with E-state index in [-0.39, 0.29) is 17.8 Å². The topological polar surface area (TPSA) is 81.0 Å². The van der Waals surface area contributed by atoms with E-state index in [2.05, 4.69) is 10.2 Å². The minimum absolute atomic E-state index is 0.0379. The van der Waals surface area contributed by atoms with E-state index in [1.54, 1.807) is 0 Å². The van der Waals surface area contributed by atoms with Crippen LogP contribution in [-0.4, -0.2) is 22.6 Å². The lowest BCUT2D eigenvalue weighted by molar-refractivity contribution is -0.122. The second-order valence-corrected chi connectivity index (χ2v) is 7.43. The van der Waals surface area contributed by atoms with Crippen molar-refractivity contribution in [2.45, 2.75) is 27.2 Å². The minimum Gasteiger partial charge on any atom is -0.485 e. The van der Waals surface area contributed by atoms with Crippen molar-refractivity contribution < 1.29 is 9.53 Å². The summed E-state index contributed by atoms with van der Waals surface area (Å²) < 4.78 is 5.82. The van der Waals surface area contributed by atoms with Gasteiger partial charge < -0.3 is 10.5 Å². The highest BCUT2D eigenvalue weighted by molar-refractivity contribution is 5.93. The number of aromatic amines is 1. The summed E-state index contributed by atoms with van der Waals surface area (Å²) in [7, 11) is 0. The number of anilines is 1. The van der Waals surface area contributed by atoms with Crippen molar-refractivity contribution in [3.05, 3.63) is 42.5 Å². The molecule has 0 bridgehead atoms. The van der Waals surface area contributed by atoms with E-state index in [9.17, 15) is 4.79 Å². The van der Waals surface area contributed by atoms with Crippen molar-refractivity contribution in [1.82, 2.24) is 10.2 Å². The van der Waals surface area contributed by atoms with Gasteiger partial charge in [0.05, 0.1) is 5.52 Å². The lowest BCUT2D eigenvalue weighted by atomic mass is 9.90. The third-order valence-corrected chi connectivity index (χ3v) is 3.91. The first-order chi connectivity index (χ1) is 11.8. The van der Waals surface area contributed by atoms with Crippen LogP contribution in [0.1, 0.15) is 27.2 Å². The van der Waals surface area contributed by atoms with Crippen molar-refractivity contribution >= 4 is 22.5 Å². The standard InChI is InChI=1S/C20H23N3O2/c1-20(2,3)11-14(24)12-25-18-7-5-4-6-15(18)13-8-9-17-16(10-13)19(21)23-22-17/h4-10H,11-12H2,1-3H3,(H3,21,22,23). The van der Waals surface area contributed by atoms with Crippen LogP contribution in [0.3, 0.4) is 0 Å². The highest BCUT2D eigenvalue weighted by atomic mass is 16.5. The van der Waals surface area contributed by atoms with Crippen LogP contribution >= 0.6 is 0 Å². The fourth-order valence-electron chi connectivity index (χ4n) is 2.83. The van der Waals surface area contributed by atoms with Gasteiger partial charge in [0, 0.05) is 17.4 Å². The summed E-state index contributed by atoms with van der Waals surface area (Å²) in [5.74, 6) is 1.25. The van der Waals surface area contributed by atoms with Crippen molar-refractivity contribution in [3.63, 3.8) is 0 Å². The predicted octanol–water partition coefficient (Wildman–Crippen LogP) is 4.20. The van der Waals surface area contributed by atoms with Crippen molar-refractivity contribution in [1.29, 1.82) is 0 Å².